The molecular weight excluding hydrogens is 152 g/mol. The molecule has 0 fully saturated rings. The number of hydrogen-bond acceptors (Lipinski definition) is 2. The summed E-state index contributed by atoms with van der Waals surface area (Å²) < 4.78 is 10.4. The lowest BCUT2D eigenvalue weighted by molar-refractivity contribution is 0.0716. The summed E-state index contributed by atoms with van der Waals surface area (Å²) in [4.78, 5) is 0. The zero-order chi connectivity index (χ0) is 8.81. The Bertz CT molecular complexity index is 208. The van der Waals surface area contributed by atoms with E-state index in [1.807, 2.05) is 31.2 Å². The van der Waals surface area contributed by atoms with Gasteiger partial charge < -0.3 is 9.47 Å². The molecule has 0 aliphatic heterocycles. The molecule has 12 heavy (non-hydrogen) atoms. The first kappa shape index (κ1) is 9.07. The minimum absolute atomic E-state index is 0.124. The van der Waals surface area contributed by atoms with Gasteiger partial charge in [0.15, 0.2) is 0 Å². The van der Waals surface area contributed by atoms with Gasteiger partial charge in [-0.3, -0.25) is 0 Å². The van der Waals surface area contributed by atoms with Gasteiger partial charge in [0.05, 0.1) is 6.10 Å². The van der Waals surface area contributed by atoms with Crippen LogP contribution in [0.5, 0.6) is 5.75 Å². The third-order valence-electron chi connectivity index (χ3n) is 1.56. The van der Waals surface area contributed by atoms with Crippen LogP contribution in [0.1, 0.15) is 6.92 Å². The number of benzene rings is 1. The van der Waals surface area contributed by atoms with Gasteiger partial charge in [0.1, 0.15) is 12.4 Å². The monoisotopic (exact) mass is 165 g/mol. The van der Waals surface area contributed by atoms with Crippen LogP contribution in [0.3, 0.4) is 0 Å². The van der Waals surface area contributed by atoms with Crippen molar-refractivity contribution in [1.82, 2.24) is 0 Å². The number of methoxy groups -OCH3 is 1. The maximum absolute atomic E-state index is 5.38. The molecule has 0 bridgehead atoms. The molecule has 0 spiro atoms. The Morgan fingerprint density at radius 3 is 2.92 bits per heavy atom. The van der Waals surface area contributed by atoms with E-state index in [4.69, 9.17) is 9.47 Å². The van der Waals surface area contributed by atoms with Crippen molar-refractivity contribution in [1.29, 1.82) is 0 Å². The van der Waals surface area contributed by atoms with Crippen molar-refractivity contribution in [2.24, 2.45) is 0 Å². The van der Waals surface area contributed by atoms with Gasteiger partial charge in [-0.05, 0) is 13.0 Å². The largest absolute Gasteiger partial charge is 0.490 e. The first-order valence-electron chi connectivity index (χ1n) is 3.95. The zero-order valence-electron chi connectivity index (χ0n) is 7.41. The summed E-state index contributed by atoms with van der Waals surface area (Å²) in [5.41, 5.74) is 0. The van der Waals surface area contributed by atoms with Gasteiger partial charge in [0.2, 0.25) is 0 Å². The van der Waals surface area contributed by atoms with Gasteiger partial charge in [-0.25, -0.2) is 0 Å². The fourth-order valence-electron chi connectivity index (χ4n) is 0.742. The van der Waals surface area contributed by atoms with Crippen LogP contribution in [0, 0.1) is 6.07 Å². The highest BCUT2D eigenvalue weighted by Gasteiger charge is 1.99. The summed E-state index contributed by atoms with van der Waals surface area (Å²) in [7, 11) is 1.67. The zero-order valence-corrected chi connectivity index (χ0v) is 7.41. The maximum atomic E-state index is 5.38. The Morgan fingerprint density at radius 2 is 2.33 bits per heavy atom. The molecule has 1 aromatic carbocycles. The molecule has 1 rings (SSSR count). The van der Waals surface area contributed by atoms with Crippen molar-refractivity contribution < 1.29 is 9.47 Å². The van der Waals surface area contributed by atoms with E-state index >= 15 is 0 Å². The number of rotatable bonds is 4. The van der Waals surface area contributed by atoms with Gasteiger partial charge in [-0.15, -0.1) is 0 Å². The van der Waals surface area contributed by atoms with Gasteiger partial charge >= 0.3 is 0 Å². The predicted octanol–water partition coefficient (Wildman–Crippen LogP) is 1.90. The molecule has 1 aromatic rings. The molecule has 1 atom stereocenters. The van der Waals surface area contributed by atoms with Gasteiger partial charge in [-0.1, -0.05) is 18.2 Å². The highest BCUT2D eigenvalue weighted by molar-refractivity contribution is 5.19. The van der Waals surface area contributed by atoms with E-state index in [1.54, 1.807) is 7.11 Å². The smallest absolute Gasteiger partial charge is 0.127 e. The molecular formula is C10H13O2. The fraction of sp³-hybridized carbons (Fsp3) is 0.400. The van der Waals surface area contributed by atoms with Crippen LogP contribution in [0.25, 0.3) is 0 Å². The lowest BCUT2D eigenvalue weighted by Crippen LogP contribution is -2.15. The lowest BCUT2D eigenvalue weighted by atomic mass is 10.3. The quantitative estimate of drug-likeness (QED) is 0.678. The van der Waals surface area contributed by atoms with Crippen LogP contribution in [0.4, 0.5) is 0 Å². The molecule has 1 unspecified atom stereocenters. The van der Waals surface area contributed by atoms with E-state index in [0.29, 0.717) is 6.61 Å². The van der Waals surface area contributed by atoms with E-state index in [0.717, 1.165) is 5.75 Å². The Labute approximate surface area is 73.1 Å². The molecule has 0 saturated heterocycles. The standard InChI is InChI=1S/C10H13O2/c1-9(11-2)8-12-10-6-4-3-5-7-10/h3-6,9H,8H2,1-2H3. The third-order valence-corrected chi connectivity index (χ3v) is 1.56. The van der Waals surface area contributed by atoms with Crippen molar-refractivity contribution in [2.75, 3.05) is 13.7 Å². The second-order valence-corrected chi connectivity index (χ2v) is 2.58. The molecule has 0 N–H and O–H groups in total. The van der Waals surface area contributed by atoms with Gasteiger partial charge in [-0.2, -0.15) is 0 Å². The summed E-state index contributed by atoms with van der Waals surface area (Å²) >= 11 is 0. The average molecular weight is 165 g/mol. The summed E-state index contributed by atoms with van der Waals surface area (Å²) in [6.07, 6.45) is 0.124. The number of para-hydroxylation sites is 1. The molecule has 0 aromatic heterocycles. The van der Waals surface area contributed by atoms with Crippen LogP contribution in [-0.4, -0.2) is 19.8 Å². The van der Waals surface area contributed by atoms with E-state index in [2.05, 4.69) is 6.07 Å². The number of hydrogen-bond donors (Lipinski definition) is 0. The fourth-order valence-corrected chi connectivity index (χ4v) is 0.742. The van der Waals surface area contributed by atoms with Gasteiger partial charge in [0, 0.05) is 13.2 Å². The average Bonchev–Trinajstić information content (AvgIpc) is 2.16. The first-order chi connectivity index (χ1) is 5.83. The minimum Gasteiger partial charge on any atom is -0.490 e. The molecule has 2 nitrogen and oxygen atoms in total. The molecule has 0 amide bonds. The predicted molar refractivity (Wildman–Crippen MR) is 47.2 cm³/mol. The topological polar surface area (TPSA) is 18.5 Å². The highest BCUT2D eigenvalue weighted by Crippen LogP contribution is 2.07. The minimum atomic E-state index is 0.124. The summed E-state index contributed by atoms with van der Waals surface area (Å²) in [5.74, 6) is 0.765. The SMILES string of the molecule is COC(C)COc1[c]cccc1. The molecule has 2 heteroatoms. The molecule has 65 valence electrons. The second kappa shape index (κ2) is 4.78. The van der Waals surface area contributed by atoms with Crippen LogP contribution >= 0.6 is 0 Å². The summed E-state index contributed by atoms with van der Waals surface area (Å²) in [5, 5.41) is 0. The Hall–Kier alpha value is -1.02. The molecule has 1 radical (unpaired) electrons. The molecule has 0 saturated carbocycles. The van der Waals surface area contributed by atoms with Gasteiger partial charge in [0.25, 0.3) is 0 Å². The van der Waals surface area contributed by atoms with Crippen molar-refractivity contribution in [3.8, 4) is 5.75 Å². The number of ether oxygens (including phenoxy) is 2. The Balaban J connectivity index is 2.33. The van der Waals surface area contributed by atoms with E-state index in [1.165, 1.54) is 0 Å². The van der Waals surface area contributed by atoms with E-state index < -0.39 is 0 Å². The van der Waals surface area contributed by atoms with Crippen LogP contribution in [0.15, 0.2) is 24.3 Å². The molecule has 0 aliphatic rings. The first-order valence-corrected chi connectivity index (χ1v) is 3.95. The van der Waals surface area contributed by atoms with E-state index in [-0.39, 0.29) is 6.10 Å². The van der Waals surface area contributed by atoms with Crippen molar-refractivity contribution in [2.45, 2.75) is 13.0 Å². The highest BCUT2D eigenvalue weighted by atomic mass is 16.5. The summed E-state index contributed by atoms with van der Waals surface area (Å²) in [6, 6.07) is 10.5. The Kier molecular flexibility index (Phi) is 3.61. The molecule has 0 heterocycles. The van der Waals surface area contributed by atoms with Crippen molar-refractivity contribution in [3.05, 3.63) is 30.3 Å². The molecule has 0 aliphatic carbocycles. The third kappa shape index (κ3) is 2.93. The second-order valence-electron chi connectivity index (χ2n) is 2.58. The van der Waals surface area contributed by atoms with Crippen molar-refractivity contribution in [3.63, 3.8) is 0 Å². The van der Waals surface area contributed by atoms with Crippen LogP contribution in [-0.2, 0) is 4.74 Å². The normalized spacial score (nSPS) is 12.5. The Morgan fingerprint density at radius 1 is 1.50 bits per heavy atom. The van der Waals surface area contributed by atoms with E-state index in [9.17, 15) is 0 Å². The van der Waals surface area contributed by atoms with Crippen LogP contribution < -0.4 is 4.74 Å². The lowest BCUT2D eigenvalue weighted by Gasteiger charge is -2.10. The van der Waals surface area contributed by atoms with Crippen molar-refractivity contribution >= 4 is 0 Å². The summed E-state index contributed by atoms with van der Waals surface area (Å²) in [6.45, 7) is 2.53. The maximum Gasteiger partial charge on any atom is 0.127 e. The van der Waals surface area contributed by atoms with Crippen LogP contribution in [0.2, 0.25) is 0 Å².